The molecular formula is C19H21FN4O2S. The Hall–Kier alpha value is -2.35. The Morgan fingerprint density at radius 3 is 2.63 bits per heavy atom. The van der Waals surface area contributed by atoms with Crippen LogP contribution in [0.1, 0.15) is 18.0 Å². The molecule has 3 heterocycles. The second-order valence-corrected chi connectivity index (χ2v) is 7.90. The molecule has 0 radical (unpaired) electrons. The van der Waals surface area contributed by atoms with Crippen LogP contribution in [0, 0.1) is 12.7 Å². The summed E-state index contributed by atoms with van der Waals surface area (Å²) < 4.78 is 14.7. The average molecular weight is 388 g/mol. The van der Waals surface area contributed by atoms with E-state index in [-0.39, 0.29) is 23.3 Å². The number of rotatable bonds is 3. The zero-order valence-electron chi connectivity index (χ0n) is 15.1. The summed E-state index contributed by atoms with van der Waals surface area (Å²) in [6.45, 7) is 4.44. The molecular weight excluding hydrogens is 367 g/mol. The standard InChI is InChI=1S/C19H21FN4O2S/c1-13-11-21-19-24(18(13)26)16(12-27-19)10-17(25)23-8-6-22(7-9-23)15-4-2-14(20)3-5-15/h2-5,11,16H,6-10,12H2,1H3/t16-/m0/s1. The van der Waals surface area contributed by atoms with Gasteiger partial charge in [0.05, 0.1) is 6.04 Å². The third kappa shape index (κ3) is 3.58. The van der Waals surface area contributed by atoms with Crippen molar-refractivity contribution in [2.45, 2.75) is 24.5 Å². The maximum absolute atomic E-state index is 13.1. The topological polar surface area (TPSA) is 58.4 Å². The lowest BCUT2D eigenvalue weighted by Crippen LogP contribution is -2.49. The lowest BCUT2D eigenvalue weighted by Gasteiger charge is -2.36. The van der Waals surface area contributed by atoms with Crippen molar-refractivity contribution in [1.29, 1.82) is 0 Å². The number of fused-ring (bicyclic) bond motifs is 1. The summed E-state index contributed by atoms with van der Waals surface area (Å²) in [7, 11) is 0. The van der Waals surface area contributed by atoms with E-state index in [0.29, 0.717) is 49.1 Å². The summed E-state index contributed by atoms with van der Waals surface area (Å²) in [6.07, 6.45) is 1.92. The molecule has 0 unspecified atom stereocenters. The van der Waals surface area contributed by atoms with Gasteiger partial charge in [0.15, 0.2) is 5.16 Å². The summed E-state index contributed by atoms with van der Waals surface area (Å²) in [6, 6.07) is 6.31. The van der Waals surface area contributed by atoms with Gasteiger partial charge in [-0.25, -0.2) is 9.37 Å². The number of thioether (sulfide) groups is 1. The van der Waals surface area contributed by atoms with Gasteiger partial charge in [0.25, 0.3) is 5.56 Å². The Morgan fingerprint density at radius 2 is 1.93 bits per heavy atom. The van der Waals surface area contributed by atoms with Crippen LogP contribution in [0.5, 0.6) is 0 Å². The molecule has 0 bridgehead atoms. The molecule has 2 aliphatic heterocycles. The summed E-state index contributed by atoms with van der Waals surface area (Å²) in [5.74, 6) is 0.523. The van der Waals surface area contributed by atoms with Crippen molar-refractivity contribution in [3.05, 3.63) is 52.2 Å². The average Bonchev–Trinajstić information content (AvgIpc) is 3.09. The SMILES string of the molecule is Cc1cnc2n(c1=O)[C@@H](CC(=O)N1CCN(c3ccc(F)cc3)CC1)CS2. The number of hydrogen-bond acceptors (Lipinski definition) is 5. The Kier molecular flexibility index (Phi) is 4.90. The molecule has 0 saturated carbocycles. The van der Waals surface area contributed by atoms with Gasteiger partial charge in [-0.1, -0.05) is 11.8 Å². The van der Waals surface area contributed by atoms with Crippen LogP contribution in [0.2, 0.25) is 0 Å². The van der Waals surface area contributed by atoms with Gasteiger partial charge in [0.2, 0.25) is 5.91 Å². The minimum atomic E-state index is -0.248. The first-order chi connectivity index (χ1) is 13.0. The molecule has 8 heteroatoms. The fourth-order valence-electron chi connectivity index (χ4n) is 3.57. The molecule has 6 nitrogen and oxygen atoms in total. The van der Waals surface area contributed by atoms with Crippen molar-refractivity contribution in [2.75, 3.05) is 36.8 Å². The third-order valence-electron chi connectivity index (χ3n) is 5.14. The highest BCUT2D eigenvalue weighted by molar-refractivity contribution is 7.99. The number of carbonyl (C=O) groups is 1. The number of nitrogens with zero attached hydrogens (tertiary/aromatic N) is 4. The maximum atomic E-state index is 13.1. The van der Waals surface area contributed by atoms with E-state index in [1.807, 2.05) is 4.90 Å². The van der Waals surface area contributed by atoms with Gasteiger partial charge in [-0.2, -0.15) is 0 Å². The van der Waals surface area contributed by atoms with Gasteiger partial charge in [0, 0.05) is 55.8 Å². The largest absolute Gasteiger partial charge is 0.368 e. The van der Waals surface area contributed by atoms with Crippen LogP contribution in [-0.2, 0) is 4.79 Å². The number of aryl methyl sites for hydroxylation is 1. The zero-order chi connectivity index (χ0) is 19.0. The van der Waals surface area contributed by atoms with E-state index in [9.17, 15) is 14.0 Å². The van der Waals surface area contributed by atoms with Crippen LogP contribution in [-0.4, -0.2) is 52.3 Å². The number of piperazine rings is 1. The normalized spacial score (nSPS) is 19.3. The predicted octanol–water partition coefficient (Wildman–Crippen LogP) is 2.08. The summed E-state index contributed by atoms with van der Waals surface area (Å²) >= 11 is 1.53. The van der Waals surface area contributed by atoms with Gasteiger partial charge < -0.3 is 9.80 Å². The molecule has 1 aromatic carbocycles. The van der Waals surface area contributed by atoms with E-state index >= 15 is 0 Å². The first kappa shape index (κ1) is 18.0. The number of carbonyl (C=O) groups excluding carboxylic acids is 1. The highest BCUT2D eigenvalue weighted by Crippen LogP contribution is 2.32. The minimum absolute atomic E-state index is 0.0519. The Morgan fingerprint density at radius 1 is 1.22 bits per heavy atom. The second kappa shape index (κ2) is 7.34. The van der Waals surface area contributed by atoms with Gasteiger partial charge in [0.1, 0.15) is 5.82 Å². The van der Waals surface area contributed by atoms with Crippen molar-refractivity contribution in [1.82, 2.24) is 14.5 Å². The van der Waals surface area contributed by atoms with Crippen LogP contribution >= 0.6 is 11.8 Å². The smallest absolute Gasteiger partial charge is 0.257 e. The highest BCUT2D eigenvalue weighted by Gasteiger charge is 2.30. The van der Waals surface area contributed by atoms with Crippen molar-refractivity contribution in [3.63, 3.8) is 0 Å². The molecule has 142 valence electrons. The van der Waals surface area contributed by atoms with Gasteiger partial charge in [-0.15, -0.1) is 0 Å². The van der Waals surface area contributed by atoms with Crippen molar-refractivity contribution < 1.29 is 9.18 Å². The molecule has 1 fully saturated rings. The molecule has 4 rings (SSSR count). The van der Waals surface area contributed by atoms with Crippen LogP contribution in [0.15, 0.2) is 40.4 Å². The Balaban J connectivity index is 1.38. The van der Waals surface area contributed by atoms with Gasteiger partial charge in [-0.3, -0.25) is 14.2 Å². The van der Waals surface area contributed by atoms with Crippen molar-refractivity contribution >= 4 is 23.4 Å². The lowest BCUT2D eigenvalue weighted by atomic mass is 10.1. The van der Waals surface area contributed by atoms with E-state index in [1.54, 1.807) is 29.8 Å². The van der Waals surface area contributed by atoms with Crippen molar-refractivity contribution in [2.24, 2.45) is 0 Å². The molecule has 0 aliphatic carbocycles. The van der Waals surface area contributed by atoms with Gasteiger partial charge in [-0.05, 0) is 31.2 Å². The quantitative estimate of drug-likeness (QED) is 0.754. The second-order valence-electron chi connectivity index (χ2n) is 6.91. The number of halogens is 1. The van der Waals surface area contributed by atoms with Crippen LogP contribution in [0.3, 0.4) is 0 Å². The van der Waals surface area contributed by atoms with E-state index in [0.717, 1.165) is 5.69 Å². The molecule has 2 aromatic rings. The van der Waals surface area contributed by atoms with E-state index < -0.39 is 0 Å². The molecule has 2 aliphatic rings. The maximum Gasteiger partial charge on any atom is 0.257 e. The van der Waals surface area contributed by atoms with E-state index in [1.165, 1.54) is 23.9 Å². The third-order valence-corrected chi connectivity index (χ3v) is 6.25. The molecule has 0 N–H and O–H groups in total. The summed E-state index contributed by atoms with van der Waals surface area (Å²) in [4.78, 5) is 33.5. The first-order valence-electron chi connectivity index (χ1n) is 9.02. The van der Waals surface area contributed by atoms with E-state index in [2.05, 4.69) is 9.88 Å². The number of benzene rings is 1. The summed E-state index contributed by atoms with van der Waals surface area (Å²) in [5, 5.41) is 0.699. The highest BCUT2D eigenvalue weighted by atomic mass is 32.2. The fraction of sp³-hybridized carbons (Fsp3) is 0.421. The number of amides is 1. The van der Waals surface area contributed by atoms with Crippen molar-refractivity contribution in [3.8, 4) is 0 Å². The molecule has 0 spiro atoms. The molecule has 1 amide bonds. The Labute approximate surface area is 161 Å². The van der Waals surface area contributed by atoms with Crippen LogP contribution in [0.4, 0.5) is 10.1 Å². The van der Waals surface area contributed by atoms with E-state index in [4.69, 9.17) is 0 Å². The lowest BCUT2D eigenvalue weighted by molar-refractivity contribution is -0.132. The minimum Gasteiger partial charge on any atom is -0.368 e. The van der Waals surface area contributed by atoms with Crippen LogP contribution in [0.25, 0.3) is 0 Å². The monoisotopic (exact) mass is 388 g/mol. The predicted molar refractivity (Wildman–Crippen MR) is 103 cm³/mol. The molecule has 1 saturated heterocycles. The van der Waals surface area contributed by atoms with Crippen LogP contribution < -0.4 is 10.5 Å². The zero-order valence-corrected chi connectivity index (χ0v) is 15.9. The molecule has 1 aromatic heterocycles. The first-order valence-corrected chi connectivity index (χ1v) is 10.0. The molecule has 27 heavy (non-hydrogen) atoms. The fourth-order valence-corrected chi connectivity index (χ4v) is 4.67. The number of aromatic nitrogens is 2. The molecule has 1 atom stereocenters. The Bertz CT molecular complexity index is 907. The number of anilines is 1. The van der Waals surface area contributed by atoms with Gasteiger partial charge >= 0.3 is 0 Å². The summed E-state index contributed by atoms with van der Waals surface area (Å²) in [5.41, 5.74) is 1.52. The number of hydrogen-bond donors (Lipinski definition) is 0.